The lowest BCUT2D eigenvalue weighted by atomic mass is 10.1. The summed E-state index contributed by atoms with van der Waals surface area (Å²) in [5.74, 6) is 1.01. The van der Waals surface area contributed by atoms with Crippen LogP contribution in [0, 0.1) is 0 Å². The maximum Gasteiger partial charge on any atom is 0.233 e. The molecule has 1 N–H and O–H groups in total. The van der Waals surface area contributed by atoms with Crippen LogP contribution in [0.4, 0.5) is 17.6 Å². The number of aromatic nitrogens is 3. The minimum Gasteiger partial charge on any atom is -0.378 e. The number of hydrogen-bond donors (Lipinski definition) is 1. The zero-order valence-electron chi connectivity index (χ0n) is 12.9. The summed E-state index contributed by atoms with van der Waals surface area (Å²) in [6.45, 7) is 2.81. The van der Waals surface area contributed by atoms with Crippen LogP contribution in [0.25, 0.3) is 10.8 Å². The molecule has 0 spiro atoms. The molecule has 0 aliphatic carbocycles. The highest BCUT2D eigenvalue weighted by molar-refractivity contribution is 6.28. The number of morpholine rings is 1. The molecule has 6 nitrogen and oxygen atoms in total. The van der Waals surface area contributed by atoms with Gasteiger partial charge in [0.2, 0.25) is 17.2 Å². The lowest BCUT2D eigenvalue weighted by molar-refractivity contribution is 0.122. The highest BCUT2D eigenvalue weighted by atomic mass is 35.5. The summed E-state index contributed by atoms with van der Waals surface area (Å²) < 4.78 is 5.36. The molecule has 0 bridgehead atoms. The van der Waals surface area contributed by atoms with Crippen molar-refractivity contribution in [2.45, 2.75) is 0 Å². The van der Waals surface area contributed by atoms with E-state index in [0.717, 1.165) is 29.5 Å². The molecule has 24 heavy (non-hydrogen) atoms. The summed E-state index contributed by atoms with van der Waals surface area (Å²) in [6.07, 6.45) is 0. The Balaban J connectivity index is 1.67. The first-order chi connectivity index (χ1) is 11.8. The summed E-state index contributed by atoms with van der Waals surface area (Å²) in [5, 5.41) is 5.69. The normalized spacial score (nSPS) is 14.8. The van der Waals surface area contributed by atoms with Crippen molar-refractivity contribution in [2.75, 3.05) is 36.5 Å². The minimum absolute atomic E-state index is 0.175. The predicted molar refractivity (Wildman–Crippen MR) is 95.1 cm³/mol. The molecule has 4 rings (SSSR count). The van der Waals surface area contributed by atoms with Gasteiger partial charge >= 0.3 is 0 Å². The molecule has 0 unspecified atom stereocenters. The van der Waals surface area contributed by atoms with Crippen molar-refractivity contribution in [1.82, 2.24) is 15.0 Å². The Morgan fingerprint density at radius 2 is 1.75 bits per heavy atom. The number of rotatable bonds is 3. The van der Waals surface area contributed by atoms with Crippen molar-refractivity contribution < 1.29 is 4.74 Å². The Hall–Kier alpha value is -2.44. The van der Waals surface area contributed by atoms with Crippen molar-refractivity contribution in [2.24, 2.45) is 0 Å². The summed E-state index contributed by atoms with van der Waals surface area (Å²) in [6, 6.07) is 14.2. The van der Waals surface area contributed by atoms with Crippen LogP contribution in [0.15, 0.2) is 42.5 Å². The van der Waals surface area contributed by atoms with E-state index in [2.05, 4.69) is 38.5 Å². The molecule has 0 amide bonds. The number of halogens is 1. The van der Waals surface area contributed by atoms with Gasteiger partial charge < -0.3 is 15.0 Å². The van der Waals surface area contributed by atoms with Gasteiger partial charge in [-0.2, -0.15) is 15.0 Å². The minimum atomic E-state index is 0.175. The highest BCUT2D eigenvalue weighted by Crippen LogP contribution is 2.26. The van der Waals surface area contributed by atoms with Gasteiger partial charge in [-0.1, -0.05) is 36.4 Å². The molecule has 1 saturated heterocycles. The van der Waals surface area contributed by atoms with E-state index in [4.69, 9.17) is 16.3 Å². The molecule has 7 heteroatoms. The third kappa shape index (κ3) is 3.11. The Bertz CT molecular complexity index is 861. The monoisotopic (exact) mass is 341 g/mol. The fourth-order valence-corrected chi connectivity index (χ4v) is 2.91. The van der Waals surface area contributed by atoms with Gasteiger partial charge in [-0.25, -0.2) is 0 Å². The topological polar surface area (TPSA) is 63.2 Å². The lowest BCUT2D eigenvalue weighted by Crippen LogP contribution is -2.37. The van der Waals surface area contributed by atoms with Crippen molar-refractivity contribution in [1.29, 1.82) is 0 Å². The molecule has 2 aromatic carbocycles. The Morgan fingerprint density at radius 3 is 2.62 bits per heavy atom. The van der Waals surface area contributed by atoms with E-state index in [-0.39, 0.29) is 5.28 Å². The molecule has 2 heterocycles. The molecular weight excluding hydrogens is 326 g/mol. The fraction of sp³-hybridized carbons (Fsp3) is 0.235. The van der Waals surface area contributed by atoms with Gasteiger partial charge in [-0.15, -0.1) is 0 Å². The van der Waals surface area contributed by atoms with Crippen LogP contribution in [0.1, 0.15) is 0 Å². The van der Waals surface area contributed by atoms with Crippen LogP contribution in [-0.4, -0.2) is 41.3 Å². The standard InChI is InChI=1S/C17H16ClN5O/c18-15-20-16(22-17(21-15)23-8-10-24-11-9-23)19-14-7-3-5-12-4-1-2-6-13(12)14/h1-7H,8-11H2,(H,19,20,21,22). The van der Waals surface area contributed by atoms with Gasteiger partial charge in [0.05, 0.1) is 13.2 Å². The van der Waals surface area contributed by atoms with Crippen LogP contribution < -0.4 is 10.2 Å². The molecule has 1 aromatic heterocycles. The number of fused-ring (bicyclic) bond motifs is 1. The summed E-state index contributed by atoms with van der Waals surface area (Å²) in [4.78, 5) is 15.0. The average molecular weight is 342 g/mol. The van der Waals surface area contributed by atoms with Crippen LogP contribution >= 0.6 is 11.6 Å². The number of nitrogens with zero attached hydrogens (tertiary/aromatic N) is 4. The van der Waals surface area contributed by atoms with E-state index in [1.807, 2.05) is 29.2 Å². The van der Waals surface area contributed by atoms with E-state index >= 15 is 0 Å². The molecule has 1 aliphatic rings. The number of anilines is 3. The predicted octanol–water partition coefficient (Wildman–Crippen LogP) is 3.26. The van der Waals surface area contributed by atoms with Gasteiger partial charge in [0, 0.05) is 24.2 Å². The molecular formula is C17H16ClN5O. The van der Waals surface area contributed by atoms with Gasteiger partial charge in [-0.3, -0.25) is 0 Å². The Kier molecular flexibility index (Phi) is 4.15. The van der Waals surface area contributed by atoms with Gasteiger partial charge in [-0.05, 0) is 23.1 Å². The quantitative estimate of drug-likeness (QED) is 0.789. The molecule has 0 radical (unpaired) electrons. The van der Waals surface area contributed by atoms with Crippen molar-refractivity contribution in [3.8, 4) is 0 Å². The maximum atomic E-state index is 6.09. The summed E-state index contributed by atoms with van der Waals surface area (Å²) in [5.41, 5.74) is 0.934. The third-order valence-electron chi connectivity index (χ3n) is 3.93. The van der Waals surface area contributed by atoms with Crippen molar-refractivity contribution in [3.05, 3.63) is 47.7 Å². The maximum absolute atomic E-state index is 6.09. The molecule has 0 atom stereocenters. The molecule has 122 valence electrons. The summed E-state index contributed by atoms with van der Waals surface area (Å²) >= 11 is 6.09. The number of hydrogen-bond acceptors (Lipinski definition) is 6. The summed E-state index contributed by atoms with van der Waals surface area (Å²) in [7, 11) is 0. The first-order valence-corrected chi connectivity index (χ1v) is 8.16. The van der Waals surface area contributed by atoms with Crippen LogP contribution in [0.3, 0.4) is 0 Å². The SMILES string of the molecule is Clc1nc(Nc2cccc3ccccc23)nc(N2CCOCC2)n1. The molecule has 0 saturated carbocycles. The Labute approximate surface area is 144 Å². The first kappa shape index (κ1) is 15.1. The number of benzene rings is 2. The Morgan fingerprint density at radius 1 is 0.958 bits per heavy atom. The second-order valence-electron chi connectivity index (χ2n) is 5.48. The van der Waals surface area contributed by atoms with Gasteiger partial charge in [0.15, 0.2) is 0 Å². The van der Waals surface area contributed by atoms with Crippen LogP contribution in [0.2, 0.25) is 5.28 Å². The van der Waals surface area contributed by atoms with E-state index in [0.29, 0.717) is 25.1 Å². The molecule has 1 aliphatic heterocycles. The second-order valence-corrected chi connectivity index (χ2v) is 5.82. The zero-order chi connectivity index (χ0) is 16.4. The van der Waals surface area contributed by atoms with E-state index in [9.17, 15) is 0 Å². The molecule has 1 fully saturated rings. The van der Waals surface area contributed by atoms with Crippen molar-refractivity contribution in [3.63, 3.8) is 0 Å². The highest BCUT2D eigenvalue weighted by Gasteiger charge is 2.16. The van der Waals surface area contributed by atoms with E-state index in [1.54, 1.807) is 0 Å². The largest absolute Gasteiger partial charge is 0.378 e. The van der Waals surface area contributed by atoms with E-state index < -0.39 is 0 Å². The first-order valence-electron chi connectivity index (χ1n) is 7.79. The second kappa shape index (κ2) is 6.59. The van der Waals surface area contributed by atoms with Crippen molar-refractivity contribution >= 4 is 40.0 Å². The van der Waals surface area contributed by atoms with E-state index in [1.165, 1.54) is 0 Å². The number of nitrogens with one attached hydrogen (secondary N) is 1. The smallest absolute Gasteiger partial charge is 0.233 e. The third-order valence-corrected chi connectivity index (χ3v) is 4.10. The van der Waals surface area contributed by atoms with Gasteiger partial charge in [0.1, 0.15) is 0 Å². The van der Waals surface area contributed by atoms with Crippen LogP contribution in [-0.2, 0) is 4.74 Å². The van der Waals surface area contributed by atoms with Crippen LogP contribution in [0.5, 0.6) is 0 Å². The lowest BCUT2D eigenvalue weighted by Gasteiger charge is -2.26. The van der Waals surface area contributed by atoms with Gasteiger partial charge in [0.25, 0.3) is 0 Å². The number of ether oxygens (including phenoxy) is 1. The fourth-order valence-electron chi connectivity index (χ4n) is 2.76. The zero-order valence-corrected chi connectivity index (χ0v) is 13.7. The molecule has 3 aromatic rings. The average Bonchev–Trinajstić information content (AvgIpc) is 2.62.